The topological polar surface area (TPSA) is 17.1 Å². The molecular weight excluding hydrogens is 282 g/mol. The maximum absolute atomic E-state index is 13.8. The highest BCUT2D eigenvalue weighted by Crippen LogP contribution is 2.25. The Morgan fingerprint density at radius 2 is 1.50 bits per heavy atom. The minimum atomic E-state index is -0.819. The second-order valence-corrected chi connectivity index (χ2v) is 5.26. The van der Waals surface area contributed by atoms with Gasteiger partial charge in [-0.2, -0.15) is 0 Å². The van der Waals surface area contributed by atoms with Crippen molar-refractivity contribution in [3.8, 4) is 0 Å². The fourth-order valence-corrected chi connectivity index (χ4v) is 2.52. The lowest BCUT2D eigenvalue weighted by molar-refractivity contribution is 0.103. The highest BCUT2D eigenvalue weighted by molar-refractivity contribution is 6.31. The van der Waals surface area contributed by atoms with Crippen molar-refractivity contribution in [2.45, 2.75) is 20.8 Å². The molecule has 0 fully saturated rings. The molecule has 0 N–H and O–H groups in total. The third-order valence-electron chi connectivity index (χ3n) is 3.16. The van der Waals surface area contributed by atoms with E-state index in [0.29, 0.717) is 5.56 Å². The third-order valence-corrected chi connectivity index (χ3v) is 3.45. The summed E-state index contributed by atoms with van der Waals surface area (Å²) < 4.78 is 27.3. The van der Waals surface area contributed by atoms with Gasteiger partial charge < -0.3 is 0 Å². The van der Waals surface area contributed by atoms with Crippen molar-refractivity contribution < 1.29 is 13.6 Å². The molecule has 0 saturated heterocycles. The highest BCUT2D eigenvalue weighted by Gasteiger charge is 2.20. The quantitative estimate of drug-likeness (QED) is 0.576. The van der Waals surface area contributed by atoms with Crippen LogP contribution in [0.5, 0.6) is 0 Å². The van der Waals surface area contributed by atoms with E-state index in [1.807, 2.05) is 19.1 Å². The van der Waals surface area contributed by atoms with E-state index in [2.05, 4.69) is 0 Å². The van der Waals surface area contributed by atoms with Gasteiger partial charge in [-0.1, -0.05) is 29.3 Å². The van der Waals surface area contributed by atoms with Crippen LogP contribution in [0, 0.1) is 32.4 Å². The molecule has 0 amide bonds. The van der Waals surface area contributed by atoms with Crippen LogP contribution >= 0.6 is 11.6 Å². The normalized spacial score (nSPS) is 10.7. The molecule has 1 nitrogen and oxygen atoms in total. The molecule has 0 aromatic heterocycles. The summed E-state index contributed by atoms with van der Waals surface area (Å²) in [7, 11) is 0. The summed E-state index contributed by atoms with van der Waals surface area (Å²) in [5, 5.41) is -0.337. The third kappa shape index (κ3) is 2.59. The zero-order valence-electron chi connectivity index (χ0n) is 11.4. The van der Waals surface area contributed by atoms with E-state index in [1.54, 1.807) is 13.8 Å². The van der Waals surface area contributed by atoms with Crippen molar-refractivity contribution >= 4 is 17.4 Å². The number of rotatable bonds is 2. The summed E-state index contributed by atoms with van der Waals surface area (Å²) in [6.07, 6.45) is 0. The van der Waals surface area contributed by atoms with Gasteiger partial charge >= 0.3 is 0 Å². The first kappa shape index (κ1) is 14.7. The number of benzene rings is 2. The standard InChI is InChI=1S/C16H13ClF2O/c1-8-4-9(2)15(10(3)5-8)16(20)11-6-14(19)12(17)7-13(11)18/h4-7H,1-3H3. The predicted octanol–water partition coefficient (Wildman–Crippen LogP) is 4.77. The van der Waals surface area contributed by atoms with Crippen molar-refractivity contribution in [3.63, 3.8) is 0 Å². The smallest absolute Gasteiger partial charge is 0.196 e. The molecule has 104 valence electrons. The number of hydrogen-bond acceptors (Lipinski definition) is 1. The number of ketones is 1. The van der Waals surface area contributed by atoms with Crippen LogP contribution in [0.3, 0.4) is 0 Å². The second kappa shape index (κ2) is 5.33. The minimum Gasteiger partial charge on any atom is -0.288 e. The van der Waals surface area contributed by atoms with Gasteiger partial charge in [-0.15, -0.1) is 0 Å². The van der Waals surface area contributed by atoms with Gasteiger partial charge in [0.1, 0.15) is 11.6 Å². The number of carbonyl (C=O) groups is 1. The van der Waals surface area contributed by atoms with Gasteiger partial charge in [0.15, 0.2) is 5.78 Å². The van der Waals surface area contributed by atoms with Crippen molar-refractivity contribution in [1.29, 1.82) is 0 Å². The lowest BCUT2D eigenvalue weighted by Crippen LogP contribution is -2.09. The zero-order chi connectivity index (χ0) is 15.0. The van der Waals surface area contributed by atoms with Gasteiger partial charge in [0.25, 0.3) is 0 Å². The van der Waals surface area contributed by atoms with Crippen molar-refractivity contribution in [3.05, 3.63) is 68.7 Å². The Bertz CT molecular complexity index is 685. The molecule has 2 rings (SSSR count). The summed E-state index contributed by atoms with van der Waals surface area (Å²) in [6.45, 7) is 5.46. The maximum Gasteiger partial charge on any atom is 0.196 e. The average Bonchev–Trinajstić information content (AvgIpc) is 2.32. The molecule has 0 radical (unpaired) electrons. The molecule has 2 aromatic rings. The molecular formula is C16H13ClF2O. The molecule has 0 aliphatic heterocycles. The van der Waals surface area contributed by atoms with Crippen LogP contribution in [-0.2, 0) is 0 Å². The van der Waals surface area contributed by atoms with E-state index < -0.39 is 17.4 Å². The van der Waals surface area contributed by atoms with Gasteiger partial charge in [-0.3, -0.25) is 4.79 Å². The monoisotopic (exact) mass is 294 g/mol. The molecule has 2 aromatic carbocycles. The van der Waals surface area contributed by atoms with E-state index in [-0.39, 0.29) is 10.6 Å². The Hall–Kier alpha value is -1.74. The average molecular weight is 295 g/mol. The molecule has 0 aliphatic rings. The lowest BCUT2D eigenvalue weighted by Gasteiger charge is -2.11. The predicted molar refractivity (Wildman–Crippen MR) is 75.5 cm³/mol. The summed E-state index contributed by atoms with van der Waals surface area (Å²) in [5.41, 5.74) is 2.59. The number of aryl methyl sites for hydroxylation is 3. The van der Waals surface area contributed by atoms with Crippen LogP contribution in [-0.4, -0.2) is 5.78 Å². The second-order valence-electron chi connectivity index (χ2n) is 4.85. The Labute approximate surface area is 121 Å². The van der Waals surface area contributed by atoms with Gasteiger partial charge in [0.05, 0.1) is 10.6 Å². The summed E-state index contributed by atoms with van der Waals surface area (Å²) >= 11 is 5.49. The van der Waals surface area contributed by atoms with Crippen molar-refractivity contribution in [1.82, 2.24) is 0 Å². The first-order chi connectivity index (χ1) is 9.31. The van der Waals surface area contributed by atoms with Crippen molar-refractivity contribution in [2.24, 2.45) is 0 Å². The van der Waals surface area contributed by atoms with Crippen LogP contribution in [0.1, 0.15) is 32.6 Å². The molecule has 0 atom stereocenters. The molecule has 0 saturated carbocycles. The van der Waals surface area contributed by atoms with E-state index >= 15 is 0 Å². The van der Waals surface area contributed by atoms with E-state index in [4.69, 9.17) is 11.6 Å². The van der Waals surface area contributed by atoms with E-state index in [1.165, 1.54) is 0 Å². The molecule has 4 heteroatoms. The van der Waals surface area contributed by atoms with Crippen LogP contribution in [0.25, 0.3) is 0 Å². The fourth-order valence-electron chi connectivity index (χ4n) is 2.37. The first-order valence-corrected chi connectivity index (χ1v) is 6.46. The van der Waals surface area contributed by atoms with Gasteiger partial charge in [-0.25, -0.2) is 8.78 Å². The summed E-state index contributed by atoms with van der Waals surface area (Å²) in [4.78, 5) is 12.4. The Kier molecular flexibility index (Phi) is 3.91. The van der Waals surface area contributed by atoms with E-state index in [9.17, 15) is 13.6 Å². The van der Waals surface area contributed by atoms with Crippen LogP contribution in [0.15, 0.2) is 24.3 Å². The minimum absolute atomic E-state index is 0.304. The van der Waals surface area contributed by atoms with Crippen LogP contribution in [0.4, 0.5) is 8.78 Å². The Balaban J connectivity index is 2.61. The largest absolute Gasteiger partial charge is 0.288 e. The molecule has 0 bridgehead atoms. The molecule has 0 heterocycles. The number of hydrogen-bond donors (Lipinski definition) is 0. The van der Waals surface area contributed by atoms with Gasteiger partial charge in [0.2, 0.25) is 0 Å². The number of halogens is 3. The summed E-state index contributed by atoms with van der Waals surface area (Å²) in [6, 6.07) is 5.34. The molecule has 0 unspecified atom stereocenters. The van der Waals surface area contributed by atoms with E-state index in [0.717, 1.165) is 28.8 Å². The Morgan fingerprint density at radius 3 is 2.05 bits per heavy atom. The molecule has 0 spiro atoms. The number of carbonyl (C=O) groups excluding carboxylic acids is 1. The Morgan fingerprint density at radius 1 is 0.950 bits per heavy atom. The van der Waals surface area contributed by atoms with Gasteiger partial charge in [0, 0.05) is 5.56 Å². The molecule has 0 aliphatic carbocycles. The lowest BCUT2D eigenvalue weighted by atomic mass is 9.93. The summed E-state index contributed by atoms with van der Waals surface area (Å²) in [5.74, 6) is -2.16. The SMILES string of the molecule is Cc1cc(C)c(C(=O)c2cc(F)c(Cl)cc2F)c(C)c1. The highest BCUT2D eigenvalue weighted by atomic mass is 35.5. The van der Waals surface area contributed by atoms with Crippen LogP contribution < -0.4 is 0 Å². The first-order valence-electron chi connectivity index (χ1n) is 6.08. The zero-order valence-corrected chi connectivity index (χ0v) is 12.1. The van der Waals surface area contributed by atoms with Gasteiger partial charge in [-0.05, 0) is 44.0 Å². The fraction of sp³-hybridized carbons (Fsp3) is 0.188. The molecule has 20 heavy (non-hydrogen) atoms. The van der Waals surface area contributed by atoms with Crippen LogP contribution in [0.2, 0.25) is 5.02 Å². The van der Waals surface area contributed by atoms with Crippen molar-refractivity contribution in [2.75, 3.05) is 0 Å². The maximum atomic E-state index is 13.8.